The topological polar surface area (TPSA) is 84.2 Å². The first-order valence-corrected chi connectivity index (χ1v) is 8.09. The Hall–Kier alpha value is -2.37. The predicted molar refractivity (Wildman–Crippen MR) is 95.1 cm³/mol. The minimum Gasteiger partial charge on any atom is -0.352 e. The summed E-state index contributed by atoms with van der Waals surface area (Å²) >= 11 is 5.87. The van der Waals surface area contributed by atoms with Gasteiger partial charge in [0.15, 0.2) is 0 Å². The average molecular weight is 346 g/mol. The van der Waals surface area contributed by atoms with Gasteiger partial charge in [0.05, 0.1) is 0 Å². The van der Waals surface area contributed by atoms with E-state index in [9.17, 15) is 9.59 Å². The highest BCUT2D eigenvalue weighted by Crippen LogP contribution is 2.11. The molecule has 5 nitrogen and oxygen atoms in total. The van der Waals surface area contributed by atoms with Crippen LogP contribution >= 0.6 is 11.6 Å². The fourth-order valence-corrected chi connectivity index (χ4v) is 2.28. The van der Waals surface area contributed by atoms with Crippen LogP contribution in [0, 0.1) is 0 Å². The lowest BCUT2D eigenvalue weighted by molar-refractivity contribution is 0.0943. The van der Waals surface area contributed by atoms with E-state index in [1.165, 1.54) is 0 Å². The number of halogens is 1. The molecule has 0 heterocycles. The third kappa shape index (κ3) is 5.37. The first kappa shape index (κ1) is 18.0. The Balaban J connectivity index is 1.87. The Kier molecular flexibility index (Phi) is 6.78. The summed E-state index contributed by atoms with van der Waals surface area (Å²) < 4.78 is 0. The zero-order chi connectivity index (χ0) is 17.4. The van der Waals surface area contributed by atoms with Gasteiger partial charge in [0.1, 0.15) is 0 Å². The standard InChI is InChI=1S/C18H20ClN3O2/c19-16-4-1-3-15(11-16)18(24)22-12-13-5-7-14(8-6-13)17(23)21-10-2-9-20/h1,3-8,11H,2,9-10,12,20H2,(H,21,23)(H,22,24). The number of carbonyl (C=O) groups is 2. The molecule has 0 spiro atoms. The van der Waals surface area contributed by atoms with Gasteiger partial charge in [-0.3, -0.25) is 9.59 Å². The number of amides is 2. The number of carbonyl (C=O) groups excluding carboxylic acids is 2. The van der Waals surface area contributed by atoms with E-state index in [4.69, 9.17) is 17.3 Å². The molecule has 0 bridgehead atoms. The van der Waals surface area contributed by atoms with Crippen LogP contribution in [-0.2, 0) is 6.54 Å². The third-order valence-corrected chi connectivity index (χ3v) is 3.66. The Morgan fingerprint density at radius 1 is 0.958 bits per heavy atom. The van der Waals surface area contributed by atoms with E-state index in [-0.39, 0.29) is 11.8 Å². The van der Waals surface area contributed by atoms with E-state index in [0.717, 1.165) is 12.0 Å². The van der Waals surface area contributed by atoms with Gasteiger partial charge in [0, 0.05) is 29.2 Å². The van der Waals surface area contributed by atoms with Crippen molar-refractivity contribution < 1.29 is 9.59 Å². The molecule has 24 heavy (non-hydrogen) atoms. The Labute approximate surface area is 146 Å². The molecule has 0 aromatic heterocycles. The van der Waals surface area contributed by atoms with Gasteiger partial charge in [-0.25, -0.2) is 0 Å². The molecule has 2 aromatic rings. The zero-order valence-corrected chi connectivity index (χ0v) is 14.0. The Morgan fingerprint density at radius 2 is 1.67 bits per heavy atom. The largest absolute Gasteiger partial charge is 0.352 e. The van der Waals surface area contributed by atoms with Gasteiger partial charge in [0.2, 0.25) is 0 Å². The van der Waals surface area contributed by atoms with E-state index < -0.39 is 0 Å². The van der Waals surface area contributed by atoms with E-state index in [1.54, 1.807) is 36.4 Å². The molecule has 0 saturated heterocycles. The van der Waals surface area contributed by atoms with Gasteiger partial charge in [0.25, 0.3) is 11.8 Å². The van der Waals surface area contributed by atoms with Gasteiger partial charge < -0.3 is 16.4 Å². The lowest BCUT2D eigenvalue weighted by Crippen LogP contribution is -2.26. The average Bonchev–Trinajstić information content (AvgIpc) is 2.60. The van der Waals surface area contributed by atoms with E-state index in [1.807, 2.05) is 12.1 Å². The molecule has 0 atom stereocenters. The summed E-state index contributed by atoms with van der Waals surface area (Å²) in [6.07, 6.45) is 0.749. The number of benzene rings is 2. The molecule has 0 radical (unpaired) electrons. The lowest BCUT2D eigenvalue weighted by Gasteiger charge is -2.07. The number of nitrogens with two attached hydrogens (primary N) is 1. The molecule has 0 fully saturated rings. The van der Waals surface area contributed by atoms with Crippen molar-refractivity contribution in [1.82, 2.24) is 10.6 Å². The van der Waals surface area contributed by atoms with Crippen LogP contribution in [0.25, 0.3) is 0 Å². The molecule has 0 aliphatic rings. The second kappa shape index (κ2) is 9.05. The highest BCUT2D eigenvalue weighted by atomic mass is 35.5. The first-order chi connectivity index (χ1) is 11.6. The van der Waals surface area contributed by atoms with Crippen LogP contribution in [-0.4, -0.2) is 24.9 Å². The monoisotopic (exact) mass is 345 g/mol. The van der Waals surface area contributed by atoms with Crippen molar-refractivity contribution in [2.24, 2.45) is 5.73 Å². The van der Waals surface area contributed by atoms with Crippen LogP contribution in [0.2, 0.25) is 5.02 Å². The van der Waals surface area contributed by atoms with Crippen molar-refractivity contribution in [3.63, 3.8) is 0 Å². The molecule has 0 aliphatic heterocycles. The lowest BCUT2D eigenvalue weighted by atomic mass is 10.1. The fraction of sp³-hybridized carbons (Fsp3) is 0.222. The van der Waals surface area contributed by atoms with Crippen molar-refractivity contribution in [3.05, 3.63) is 70.2 Å². The molecule has 0 unspecified atom stereocenters. The second-order valence-corrected chi connectivity index (χ2v) is 5.72. The molecular formula is C18H20ClN3O2. The molecule has 4 N–H and O–H groups in total. The molecule has 2 rings (SSSR count). The van der Waals surface area contributed by atoms with Gasteiger partial charge >= 0.3 is 0 Å². The minimum absolute atomic E-state index is 0.127. The molecule has 0 saturated carbocycles. The first-order valence-electron chi connectivity index (χ1n) is 7.71. The summed E-state index contributed by atoms with van der Waals surface area (Å²) in [7, 11) is 0. The van der Waals surface area contributed by atoms with Crippen molar-refractivity contribution >= 4 is 23.4 Å². The van der Waals surface area contributed by atoms with Crippen LogP contribution in [0.5, 0.6) is 0 Å². The van der Waals surface area contributed by atoms with Crippen molar-refractivity contribution in [2.45, 2.75) is 13.0 Å². The summed E-state index contributed by atoms with van der Waals surface area (Å²) in [5.41, 5.74) is 7.39. The Bertz CT molecular complexity index is 702. The van der Waals surface area contributed by atoms with Crippen molar-refractivity contribution in [3.8, 4) is 0 Å². The van der Waals surface area contributed by atoms with Gasteiger partial charge in [-0.2, -0.15) is 0 Å². The van der Waals surface area contributed by atoms with Crippen molar-refractivity contribution in [1.29, 1.82) is 0 Å². The minimum atomic E-state index is -0.193. The third-order valence-electron chi connectivity index (χ3n) is 3.42. The number of nitrogens with one attached hydrogen (secondary N) is 2. The van der Waals surface area contributed by atoms with Crippen molar-refractivity contribution in [2.75, 3.05) is 13.1 Å². The summed E-state index contributed by atoms with van der Waals surface area (Å²) in [6.45, 7) is 1.48. The van der Waals surface area contributed by atoms with Crippen LogP contribution in [0.1, 0.15) is 32.7 Å². The number of hydrogen-bond acceptors (Lipinski definition) is 3. The summed E-state index contributed by atoms with van der Waals surface area (Å²) in [6, 6.07) is 13.9. The smallest absolute Gasteiger partial charge is 0.251 e. The molecule has 126 valence electrons. The zero-order valence-electron chi connectivity index (χ0n) is 13.2. The van der Waals surface area contributed by atoms with Crippen LogP contribution in [0.3, 0.4) is 0 Å². The maximum atomic E-state index is 12.0. The number of hydrogen-bond donors (Lipinski definition) is 3. The van der Waals surface area contributed by atoms with E-state index >= 15 is 0 Å². The predicted octanol–water partition coefficient (Wildman–Crippen LogP) is 2.35. The Morgan fingerprint density at radius 3 is 2.33 bits per heavy atom. The van der Waals surface area contributed by atoms with Gasteiger partial charge in [-0.05, 0) is 48.9 Å². The maximum absolute atomic E-state index is 12.0. The molecule has 0 aliphatic carbocycles. The highest BCUT2D eigenvalue weighted by Gasteiger charge is 2.07. The SMILES string of the molecule is NCCCNC(=O)c1ccc(CNC(=O)c2cccc(Cl)c2)cc1. The van der Waals surface area contributed by atoms with Gasteiger partial charge in [-0.15, -0.1) is 0 Å². The van der Waals surface area contributed by atoms with Gasteiger partial charge in [-0.1, -0.05) is 29.8 Å². The highest BCUT2D eigenvalue weighted by molar-refractivity contribution is 6.30. The molecule has 2 amide bonds. The summed E-state index contributed by atoms with van der Waals surface area (Å²) in [4.78, 5) is 23.9. The quantitative estimate of drug-likeness (QED) is 0.673. The number of rotatable bonds is 7. The second-order valence-electron chi connectivity index (χ2n) is 5.29. The normalized spacial score (nSPS) is 10.2. The maximum Gasteiger partial charge on any atom is 0.251 e. The molecule has 6 heteroatoms. The molecular weight excluding hydrogens is 326 g/mol. The fourth-order valence-electron chi connectivity index (χ4n) is 2.09. The summed E-state index contributed by atoms with van der Waals surface area (Å²) in [5.74, 6) is -0.320. The summed E-state index contributed by atoms with van der Waals surface area (Å²) in [5, 5.41) is 6.14. The van der Waals surface area contributed by atoms with E-state index in [2.05, 4.69) is 10.6 Å². The van der Waals surface area contributed by atoms with Crippen LogP contribution in [0.4, 0.5) is 0 Å². The van der Waals surface area contributed by atoms with Crippen LogP contribution < -0.4 is 16.4 Å². The molecule has 2 aromatic carbocycles. The van der Waals surface area contributed by atoms with E-state index in [0.29, 0.717) is 35.8 Å². The van der Waals surface area contributed by atoms with Crippen LogP contribution in [0.15, 0.2) is 48.5 Å².